The molecule has 5 fully saturated rings. The molecule has 0 radical (unpaired) electrons. The molecule has 0 aromatic rings. The van der Waals surface area contributed by atoms with Gasteiger partial charge in [-0.1, -0.05) is 54.5 Å². The van der Waals surface area contributed by atoms with Gasteiger partial charge in [0.25, 0.3) is 0 Å². The van der Waals surface area contributed by atoms with E-state index in [1.807, 2.05) is 19.9 Å². The van der Waals surface area contributed by atoms with Crippen molar-refractivity contribution in [1.29, 1.82) is 0 Å². The Bertz CT molecular complexity index is 1220. The first kappa shape index (κ1) is 27.2. The van der Waals surface area contributed by atoms with Crippen LogP contribution in [-0.4, -0.2) is 23.0 Å². The summed E-state index contributed by atoms with van der Waals surface area (Å²) in [5.41, 5.74) is -1.07. The van der Waals surface area contributed by atoms with E-state index >= 15 is 0 Å². The molecule has 8 atom stereocenters. The number of carbonyl (C=O) groups excluding carboxylic acids is 3. The van der Waals surface area contributed by atoms with Crippen molar-refractivity contribution in [1.82, 2.24) is 5.32 Å². The maximum atomic E-state index is 14.6. The van der Waals surface area contributed by atoms with Crippen LogP contribution < -0.4 is 5.32 Å². The number of carbonyl (C=O) groups is 3. The number of hydrogen-bond donors (Lipinski definition) is 1. The van der Waals surface area contributed by atoms with Gasteiger partial charge in [-0.05, 0) is 97.2 Å². The number of fused-ring (bicyclic) bond motifs is 7. The molecule has 5 heteroatoms. The number of hydrogen-bond acceptors (Lipinski definition) is 3. The lowest BCUT2D eigenvalue weighted by molar-refractivity contribution is -0.215. The molecule has 6 rings (SSSR count). The third kappa shape index (κ3) is 3.51. The zero-order chi connectivity index (χ0) is 28.4. The Labute approximate surface area is 235 Å². The highest BCUT2D eigenvalue weighted by atomic mass is 16.2. The molecule has 2 unspecified atom stereocenters. The van der Waals surface area contributed by atoms with Gasteiger partial charge in [0.05, 0.1) is 6.57 Å². The summed E-state index contributed by atoms with van der Waals surface area (Å²) in [5, 5.41) is 3.60. The van der Waals surface area contributed by atoms with E-state index < -0.39 is 5.41 Å². The Kier molecular flexibility index (Phi) is 5.63. The van der Waals surface area contributed by atoms with Gasteiger partial charge in [0.15, 0.2) is 5.78 Å². The summed E-state index contributed by atoms with van der Waals surface area (Å²) in [4.78, 5) is 44.8. The Balaban J connectivity index is 1.44. The third-order valence-corrected chi connectivity index (χ3v) is 13.8. The first-order valence-electron chi connectivity index (χ1n) is 15.5. The van der Waals surface area contributed by atoms with Gasteiger partial charge >= 0.3 is 0 Å². The van der Waals surface area contributed by atoms with Gasteiger partial charge in [-0.15, -0.1) is 0 Å². The van der Waals surface area contributed by atoms with Gasteiger partial charge in [0.2, 0.25) is 11.6 Å². The maximum absolute atomic E-state index is 14.6. The average Bonchev–Trinajstić information content (AvgIpc) is 3.69. The predicted octanol–water partition coefficient (Wildman–Crippen LogP) is 6.92. The van der Waals surface area contributed by atoms with Crippen molar-refractivity contribution < 1.29 is 14.4 Å². The fraction of sp³-hybridized carbons (Fsp3) is 0.824. The Hall–Kier alpha value is -1.96. The van der Waals surface area contributed by atoms with Gasteiger partial charge in [0, 0.05) is 29.2 Å². The fourth-order valence-corrected chi connectivity index (χ4v) is 11.2. The SMILES string of the molecule is [C-]#[N+]C1=C[C@]2(C)[C@H]3CC(=O)C4C5CC(C)(C)CC[C@]5(NC(=O)C5CC5)CC[C@@]4(C)[C@]3(C)CC[C@H]2C(C)(C)C1=O. The molecule has 39 heavy (non-hydrogen) atoms. The third-order valence-electron chi connectivity index (χ3n) is 13.8. The molecule has 0 heterocycles. The number of Topliss-reactive ketones (excluding diaryl/α,β-unsaturated/α-hetero) is 2. The number of nitrogens with zero attached hydrogens (tertiary/aromatic N) is 1. The number of ketones is 2. The molecule has 5 nitrogen and oxygen atoms in total. The molecule has 1 amide bonds. The molecule has 0 bridgehead atoms. The fourth-order valence-electron chi connectivity index (χ4n) is 11.2. The monoisotopic (exact) mass is 532 g/mol. The van der Waals surface area contributed by atoms with Crippen molar-refractivity contribution in [3.8, 4) is 0 Å². The van der Waals surface area contributed by atoms with Gasteiger partial charge in [-0.25, -0.2) is 4.85 Å². The minimum atomic E-state index is -0.603. The molecule has 1 N–H and O–H groups in total. The van der Waals surface area contributed by atoms with Crippen molar-refractivity contribution in [2.24, 2.45) is 56.7 Å². The summed E-state index contributed by atoms with van der Waals surface area (Å²) >= 11 is 0. The van der Waals surface area contributed by atoms with Gasteiger partial charge in [0.1, 0.15) is 5.78 Å². The molecule has 0 saturated heterocycles. The maximum Gasteiger partial charge on any atom is 0.226 e. The molecule has 212 valence electrons. The Morgan fingerprint density at radius 1 is 0.897 bits per heavy atom. The van der Waals surface area contributed by atoms with E-state index in [-0.39, 0.29) is 74.2 Å². The highest BCUT2D eigenvalue weighted by molar-refractivity contribution is 6.02. The highest BCUT2D eigenvalue weighted by Gasteiger charge is 2.72. The Morgan fingerprint density at radius 3 is 2.21 bits per heavy atom. The zero-order valence-electron chi connectivity index (χ0n) is 25.2. The van der Waals surface area contributed by atoms with Gasteiger partial charge in [-0.2, -0.15) is 0 Å². The van der Waals surface area contributed by atoms with E-state index in [0.29, 0.717) is 12.2 Å². The van der Waals surface area contributed by atoms with E-state index in [1.165, 1.54) is 0 Å². The molecule has 6 aliphatic rings. The van der Waals surface area contributed by atoms with E-state index in [4.69, 9.17) is 6.57 Å². The minimum Gasteiger partial charge on any atom is -0.350 e. The number of rotatable bonds is 2. The summed E-state index contributed by atoms with van der Waals surface area (Å²) in [6.07, 6.45) is 11.4. The number of allylic oxidation sites excluding steroid dienone is 2. The van der Waals surface area contributed by atoms with Crippen molar-refractivity contribution in [2.45, 2.75) is 118 Å². The van der Waals surface area contributed by atoms with Gasteiger partial charge in [-0.3, -0.25) is 9.59 Å². The quantitative estimate of drug-likeness (QED) is 0.393. The summed E-state index contributed by atoms with van der Waals surface area (Å²) < 4.78 is 0. The normalized spacial score (nSPS) is 47.9. The first-order chi connectivity index (χ1) is 18.0. The molecule has 6 aliphatic carbocycles. The molecule has 0 aromatic heterocycles. The standard InChI is InChI=1S/C34H48N2O3/c1-29(2)13-15-34(36-28(39)20-9-10-20)16-14-33(7)26(21(34)18-29)23(37)17-25-31(5)19-22(35-8)27(38)30(3,4)24(31)11-12-32(25,33)6/h19-21,24-26H,9-18H2,1-7H3,(H,36,39)/t21?,24-,25+,26?,31-,32+,33+,34-/m0/s1. The summed E-state index contributed by atoms with van der Waals surface area (Å²) in [6, 6.07) is 0. The van der Waals surface area contributed by atoms with Crippen LogP contribution in [-0.2, 0) is 14.4 Å². The minimum absolute atomic E-state index is 0.0342. The topological polar surface area (TPSA) is 67.6 Å². The van der Waals surface area contributed by atoms with Gasteiger partial charge < -0.3 is 10.1 Å². The van der Waals surface area contributed by atoms with Crippen LogP contribution in [0.15, 0.2) is 11.8 Å². The lowest BCUT2D eigenvalue weighted by Crippen LogP contribution is -2.72. The molecular weight excluding hydrogens is 484 g/mol. The number of nitrogens with one attached hydrogen (secondary N) is 1. The van der Waals surface area contributed by atoms with Crippen molar-refractivity contribution in [3.05, 3.63) is 23.2 Å². The first-order valence-corrected chi connectivity index (χ1v) is 15.5. The van der Waals surface area contributed by atoms with Crippen molar-refractivity contribution in [2.75, 3.05) is 0 Å². The van der Waals surface area contributed by atoms with Crippen LogP contribution in [0.1, 0.15) is 113 Å². The number of amides is 1. The van der Waals surface area contributed by atoms with E-state index in [0.717, 1.165) is 57.8 Å². The second-order valence-corrected chi connectivity index (χ2v) is 16.6. The van der Waals surface area contributed by atoms with Crippen molar-refractivity contribution in [3.63, 3.8) is 0 Å². The van der Waals surface area contributed by atoms with E-state index in [1.54, 1.807) is 0 Å². The highest BCUT2D eigenvalue weighted by Crippen LogP contribution is 2.74. The van der Waals surface area contributed by atoms with Crippen LogP contribution in [0.2, 0.25) is 0 Å². The van der Waals surface area contributed by atoms with E-state index in [2.05, 4.69) is 44.8 Å². The van der Waals surface area contributed by atoms with Crippen LogP contribution in [0.4, 0.5) is 0 Å². The largest absolute Gasteiger partial charge is 0.350 e. The average molecular weight is 533 g/mol. The molecular formula is C34H48N2O3. The second kappa shape index (κ2) is 8.07. The Morgan fingerprint density at radius 2 is 1.56 bits per heavy atom. The second-order valence-electron chi connectivity index (χ2n) is 16.6. The summed E-state index contributed by atoms with van der Waals surface area (Å²) in [7, 11) is 0. The summed E-state index contributed by atoms with van der Waals surface area (Å²) in [5.74, 6) is 1.05. The lowest BCUT2D eigenvalue weighted by Gasteiger charge is -2.72. The predicted molar refractivity (Wildman–Crippen MR) is 151 cm³/mol. The van der Waals surface area contributed by atoms with Crippen molar-refractivity contribution >= 4 is 17.5 Å². The van der Waals surface area contributed by atoms with Crippen LogP contribution in [0.25, 0.3) is 4.85 Å². The molecule has 0 aromatic carbocycles. The molecule has 0 spiro atoms. The van der Waals surface area contributed by atoms with E-state index in [9.17, 15) is 14.4 Å². The lowest BCUT2D eigenvalue weighted by atomic mass is 9.32. The van der Waals surface area contributed by atoms with Crippen LogP contribution in [0.3, 0.4) is 0 Å². The van der Waals surface area contributed by atoms with Crippen LogP contribution >= 0.6 is 0 Å². The molecule has 0 aliphatic heterocycles. The smallest absolute Gasteiger partial charge is 0.226 e. The molecule has 5 saturated carbocycles. The summed E-state index contributed by atoms with van der Waals surface area (Å²) in [6.45, 7) is 23.6. The van der Waals surface area contributed by atoms with Crippen LogP contribution in [0.5, 0.6) is 0 Å². The zero-order valence-corrected chi connectivity index (χ0v) is 25.2. The van der Waals surface area contributed by atoms with Crippen LogP contribution in [0, 0.1) is 63.2 Å².